The molecule has 15 heteroatoms. The normalized spacial score (nSPS) is 20.0. The molecule has 2 aliphatic rings. The summed E-state index contributed by atoms with van der Waals surface area (Å²) in [7, 11) is -4.10. The van der Waals surface area contributed by atoms with Gasteiger partial charge in [-0.25, -0.2) is 18.1 Å². The summed E-state index contributed by atoms with van der Waals surface area (Å²) in [5.74, 6) is -2.70. The molecule has 4 rings (SSSR count). The minimum absolute atomic E-state index is 0.0351. The number of hydrogen-bond donors (Lipinski definition) is 2. The van der Waals surface area contributed by atoms with Crippen molar-refractivity contribution in [1.29, 1.82) is 0 Å². The summed E-state index contributed by atoms with van der Waals surface area (Å²) < 4.78 is 108. The predicted octanol–water partition coefficient (Wildman–Crippen LogP) is 5.85. The number of nitrogens with zero attached hydrogens (tertiary/aromatic N) is 1. The van der Waals surface area contributed by atoms with E-state index < -0.39 is 68.4 Å². The monoisotopic (exact) mass is 637 g/mol. The van der Waals surface area contributed by atoms with E-state index in [4.69, 9.17) is 0 Å². The molecule has 230 valence electrons. The predicted molar refractivity (Wildman–Crippen MR) is 144 cm³/mol. The number of sulfonamides is 1. The molecule has 0 spiro atoms. The van der Waals surface area contributed by atoms with E-state index in [-0.39, 0.29) is 17.6 Å². The highest BCUT2D eigenvalue weighted by Crippen LogP contribution is 2.49. The van der Waals surface area contributed by atoms with Gasteiger partial charge in [0.1, 0.15) is 10.6 Å². The standard InChI is InChI=1S/C27H29F6N3O4S2/c1-16-7-9-17(10-8-16)20-14-25(27(31,32)33,35-22(37)21(20)23(38)36-42(39,40)19-11-12-19)24-34-15-18(41-24)6-4-2-3-5-13-26(28,29)30/h7-10,15,19H,2-6,11-14H2,1H3,(H,35,37)(H,36,38)/t25-/m1/s1. The van der Waals surface area contributed by atoms with E-state index in [9.17, 15) is 44.3 Å². The first kappa shape index (κ1) is 32.0. The maximum atomic E-state index is 14.9. The average molecular weight is 638 g/mol. The molecule has 2 aromatic rings. The summed E-state index contributed by atoms with van der Waals surface area (Å²) in [5, 5.41) is 0.665. The number of carbonyl (C=O) groups is 2. The van der Waals surface area contributed by atoms with Crippen LogP contribution in [0.5, 0.6) is 0 Å². The van der Waals surface area contributed by atoms with E-state index in [1.165, 1.54) is 18.3 Å². The van der Waals surface area contributed by atoms with E-state index in [0.717, 1.165) is 16.9 Å². The molecule has 0 unspecified atom stereocenters. The number of aryl methyl sites for hydroxylation is 2. The number of aromatic nitrogens is 1. The molecule has 42 heavy (non-hydrogen) atoms. The number of rotatable bonds is 11. The maximum absolute atomic E-state index is 14.9. The SMILES string of the molecule is Cc1ccc(C2=C(C(=O)NS(=O)(=O)C3CC3)C(=O)N[C@](c3ncc(CCCCCCC(F)(F)F)s3)(C(F)(F)F)C2)cc1. The second-order valence-electron chi connectivity index (χ2n) is 10.6. The third kappa shape index (κ3) is 7.33. The van der Waals surface area contributed by atoms with Gasteiger partial charge in [0, 0.05) is 23.9 Å². The number of nitrogens with one attached hydrogen (secondary N) is 2. The molecule has 2 amide bonds. The number of hydrogen-bond acceptors (Lipinski definition) is 6. The Bertz CT molecular complexity index is 1460. The topological polar surface area (TPSA) is 105 Å². The van der Waals surface area contributed by atoms with E-state index in [1.54, 1.807) is 19.1 Å². The molecule has 0 radical (unpaired) electrons. The van der Waals surface area contributed by atoms with Gasteiger partial charge in [0.25, 0.3) is 11.8 Å². The molecule has 1 atom stereocenters. The Balaban J connectivity index is 1.64. The number of thiazole rings is 1. The van der Waals surface area contributed by atoms with Crippen LogP contribution in [-0.4, -0.2) is 42.8 Å². The summed E-state index contributed by atoms with van der Waals surface area (Å²) in [6, 6.07) is 6.10. The van der Waals surface area contributed by atoms with Gasteiger partial charge in [-0.05, 0) is 50.2 Å². The molecule has 0 bridgehead atoms. The molecule has 0 saturated heterocycles. The third-order valence-electron chi connectivity index (χ3n) is 7.16. The highest BCUT2D eigenvalue weighted by Gasteiger charge is 2.62. The van der Waals surface area contributed by atoms with Gasteiger partial charge in [-0.15, -0.1) is 11.3 Å². The molecule has 1 aromatic heterocycles. The number of carbonyl (C=O) groups excluding carboxylic acids is 2. The zero-order valence-corrected chi connectivity index (χ0v) is 24.1. The van der Waals surface area contributed by atoms with Crippen LogP contribution in [0.4, 0.5) is 26.3 Å². The van der Waals surface area contributed by atoms with Crippen LogP contribution in [0, 0.1) is 6.92 Å². The lowest BCUT2D eigenvalue weighted by atomic mass is 9.80. The molecule has 7 nitrogen and oxygen atoms in total. The fourth-order valence-electron chi connectivity index (χ4n) is 4.69. The second kappa shape index (κ2) is 12.0. The van der Waals surface area contributed by atoms with Gasteiger partial charge in [-0.1, -0.05) is 42.7 Å². The van der Waals surface area contributed by atoms with Gasteiger partial charge < -0.3 is 5.32 Å². The lowest BCUT2D eigenvalue weighted by Gasteiger charge is -2.39. The van der Waals surface area contributed by atoms with E-state index in [1.807, 2.05) is 10.0 Å². The Hall–Kier alpha value is -2.94. The molecule has 1 fully saturated rings. The van der Waals surface area contributed by atoms with Crippen LogP contribution in [0.25, 0.3) is 5.57 Å². The Kier molecular flexibility index (Phi) is 9.12. The number of unbranched alkanes of at least 4 members (excludes halogenated alkanes) is 3. The van der Waals surface area contributed by atoms with Gasteiger partial charge in [0.15, 0.2) is 5.54 Å². The van der Waals surface area contributed by atoms with Gasteiger partial charge in [0.2, 0.25) is 10.0 Å². The lowest BCUT2D eigenvalue weighted by molar-refractivity contribution is -0.201. The van der Waals surface area contributed by atoms with Crippen LogP contribution in [0.15, 0.2) is 36.0 Å². The summed E-state index contributed by atoms with van der Waals surface area (Å²) in [5.41, 5.74) is -3.08. The van der Waals surface area contributed by atoms with Crippen LogP contribution in [-0.2, 0) is 31.6 Å². The van der Waals surface area contributed by atoms with Crippen molar-refractivity contribution in [2.24, 2.45) is 0 Å². The van der Waals surface area contributed by atoms with Crippen molar-refractivity contribution in [3.63, 3.8) is 0 Å². The fourth-order valence-corrected chi connectivity index (χ4v) is 7.10. The van der Waals surface area contributed by atoms with Gasteiger partial charge >= 0.3 is 12.4 Å². The number of amides is 2. The van der Waals surface area contributed by atoms with E-state index >= 15 is 0 Å². The largest absolute Gasteiger partial charge is 0.418 e. The molecular weight excluding hydrogens is 608 g/mol. The fraction of sp³-hybridized carbons (Fsp3) is 0.519. The van der Waals surface area contributed by atoms with Gasteiger partial charge in [0.05, 0.1) is 5.25 Å². The second-order valence-corrected chi connectivity index (χ2v) is 13.7. The highest BCUT2D eigenvalue weighted by molar-refractivity contribution is 7.91. The van der Waals surface area contributed by atoms with E-state index in [0.29, 0.717) is 43.4 Å². The first-order valence-electron chi connectivity index (χ1n) is 13.3. The molecule has 1 aliphatic carbocycles. The van der Waals surface area contributed by atoms with Crippen molar-refractivity contribution >= 4 is 38.7 Å². The Morgan fingerprint density at radius 1 is 1.07 bits per heavy atom. The average Bonchev–Trinajstić information content (AvgIpc) is 3.64. The first-order valence-corrected chi connectivity index (χ1v) is 15.7. The molecule has 2 N–H and O–H groups in total. The highest BCUT2D eigenvalue weighted by atomic mass is 32.2. The van der Waals surface area contributed by atoms with Crippen molar-refractivity contribution in [3.8, 4) is 0 Å². The summed E-state index contributed by atoms with van der Waals surface area (Å²) in [6.45, 7) is 1.75. The van der Waals surface area contributed by atoms with Crippen LogP contribution in [0.2, 0.25) is 0 Å². The van der Waals surface area contributed by atoms with Crippen LogP contribution < -0.4 is 10.0 Å². The van der Waals surface area contributed by atoms with Crippen molar-refractivity contribution in [2.45, 2.75) is 87.9 Å². The minimum Gasteiger partial charge on any atom is -0.332 e. The zero-order valence-electron chi connectivity index (χ0n) is 22.5. The molecule has 1 aliphatic heterocycles. The van der Waals surface area contributed by atoms with Crippen molar-refractivity contribution in [2.75, 3.05) is 0 Å². The smallest absolute Gasteiger partial charge is 0.332 e. The van der Waals surface area contributed by atoms with Crippen molar-refractivity contribution < 1.29 is 44.3 Å². The maximum Gasteiger partial charge on any atom is 0.418 e. The minimum atomic E-state index is -5.06. The number of halogens is 6. The molecule has 2 heterocycles. The molecule has 1 saturated carbocycles. The lowest BCUT2D eigenvalue weighted by Crippen LogP contribution is -2.60. The summed E-state index contributed by atoms with van der Waals surface area (Å²) >= 11 is 0.722. The van der Waals surface area contributed by atoms with Gasteiger partial charge in [-0.2, -0.15) is 26.3 Å². The Morgan fingerprint density at radius 2 is 1.71 bits per heavy atom. The van der Waals surface area contributed by atoms with Gasteiger partial charge in [-0.3, -0.25) is 9.59 Å². The molecule has 1 aromatic carbocycles. The zero-order chi connectivity index (χ0) is 30.9. The Morgan fingerprint density at radius 3 is 2.31 bits per heavy atom. The Labute approximate surface area is 242 Å². The summed E-state index contributed by atoms with van der Waals surface area (Å²) in [6.07, 6.45) is -7.73. The third-order valence-corrected chi connectivity index (χ3v) is 10.2. The van der Waals surface area contributed by atoms with Crippen molar-refractivity contribution in [1.82, 2.24) is 15.0 Å². The first-order chi connectivity index (χ1) is 19.5. The number of benzene rings is 1. The summed E-state index contributed by atoms with van der Waals surface area (Å²) in [4.78, 5) is 30.8. The van der Waals surface area contributed by atoms with Crippen LogP contribution in [0.3, 0.4) is 0 Å². The van der Waals surface area contributed by atoms with Crippen LogP contribution in [0.1, 0.15) is 72.4 Å². The van der Waals surface area contributed by atoms with E-state index in [2.05, 4.69) is 4.98 Å². The number of alkyl halides is 6. The van der Waals surface area contributed by atoms with Crippen LogP contribution >= 0.6 is 11.3 Å². The molecular formula is C27H29F6N3O4S2. The quantitative estimate of drug-likeness (QED) is 0.183. The van der Waals surface area contributed by atoms with Crippen molar-refractivity contribution in [3.05, 3.63) is 57.0 Å².